The number of benzene rings is 3. The molecule has 0 aliphatic heterocycles. The molecule has 0 saturated carbocycles. The molecular formula is C36H46O3. The smallest absolute Gasteiger partial charge is 0.306 e. The molecule has 3 aromatic carbocycles. The van der Waals surface area contributed by atoms with E-state index in [0.717, 1.165) is 23.3 Å². The Bertz CT molecular complexity index is 1150. The fraction of sp³-hybridized carbons (Fsp3) is 0.472. The number of aliphatic carboxylic acids is 1. The van der Waals surface area contributed by atoms with Crippen molar-refractivity contribution in [2.24, 2.45) is 5.92 Å². The first-order valence-electron chi connectivity index (χ1n) is 15.3. The van der Waals surface area contributed by atoms with Crippen LogP contribution in [-0.2, 0) is 30.7 Å². The van der Waals surface area contributed by atoms with E-state index in [9.17, 15) is 9.90 Å². The number of unbranched alkanes of at least 4 members (excludes halogenated alkanes) is 9. The van der Waals surface area contributed by atoms with E-state index in [1.165, 1.54) is 92.9 Å². The van der Waals surface area contributed by atoms with Crippen molar-refractivity contribution in [3.63, 3.8) is 0 Å². The number of carbonyl (C=O) groups is 1. The molecule has 1 N–H and O–H groups in total. The first-order valence-corrected chi connectivity index (χ1v) is 15.3. The third kappa shape index (κ3) is 9.27. The van der Waals surface area contributed by atoms with Crippen LogP contribution in [0.2, 0.25) is 0 Å². The molecule has 0 amide bonds. The van der Waals surface area contributed by atoms with Crippen LogP contribution in [0.1, 0.15) is 99.8 Å². The molecule has 4 rings (SSSR count). The molecule has 0 aromatic heterocycles. The molecule has 208 valence electrons. The second-order valence-corrected chi connectivity index (χ2v) is 11.3. The molecule has 3 aromatic rings. The largest absolute Gasteiger partial charge is 0.489 e. The second-order valence-electron chi connectivity index (χ2n) is 11.3. The highest BCUT2D eigenvalue weighted by Gasteiger charge is 2.24. The predicted molar refractivity (Wildman–Crippen MR) is 161 cm³/mol. The zero-order chi connectivity index (χ0) is 27.3. The van der Waals surface area contributed by atoms with Crippen molar-refractivity contribution in [3.8, 4) is 16.9 Å². The van der Waals surface area contributed by atoms with E-state index in [1.807, 2.05) is 12.1 Å². The summed E-state index contributed by atoms with van der Waals surface area (Å²) in [5, 5.41) is 9.29. The summed E-state index contributed by atoms with van der Waals surface area (Å²) in [4.78, 5) is 11.3. The van der Waals surface area contributed by atoms with E-state index in [4.69, 9.17) is 4.74 Å². The van der Waals surface area contributed by atoms with Crippen molar-refractivity contribution >= 4 is 5.97 Å². The van der Waals surface area contributed by atoms with Gasteiger partial charge in [0.15, 0.2) is 0 Å². The minimum atomic E-state index is -0.690. The van der Waals surface area contributed by atoms with Crippen molar-refractivity contribution in [2.45, 2.75) is 103 Å². The van der Waals surface area contributed by atoms with Gasteiger partial charge in [0.2, 0.25) is 0 Å². The summed E-state index contributed by atoms with van der Waals surface area (Å²) in [6.07, 6.45) is 17.1. The first kappa shape index (κ1) is 28.9. The summed E-state index contributed by atoms with van der Waals surface area (Å²) < 4.78 is 6.07. The van der Waals surface area contributed by atoms with Gasteiger partial charge in [0.25, 0.3) is 0 Å². The lowest BCUT2D eigenvalue weighted by Gasteiger charge is -2.22. The Hall–Kier alpha value is -3.07. The van der Waals surface area contributed by atoms with Crippen LogP contribution in [0.15, 0.2) is 66.7 Å². The molecule has 3 heteroatoms. The Labute approximate surface area is 235 Å². The van der Waals surface area contributed by atoms with Crippen molar-refractivity contribution < 1.29 is 14.6 Å². The number of aryl methyl sites for hydroxylation is 2. The highest BCUT2D eigenvalue weighted by atomic mass is 16.5. The van der Waals surface area contributed by atoms with Crippen LogP contribution in [0.5, 0.6) is 5.75 Å². The fourth-order valence-electron chi connectivity index (χ4n) is 5.67. The zero-order valence-corrected chi connectivity index (χ0v) is 23.8. The number of hydrogen-bond acceptors (Lipinski definition) is 2. The van der Waals surface area contributed by atoms with Crippen LogP contribution in [0.25, 0.3) is 11.1 Å². The lowest BCUT2D eigenvalue weighted by Crippen LogP contribution is -2.22. The maximum atomic E-state index is 11.3. The molecular weight excluding hydrogens is 480 g/mol. The van der Waals surface area contributed by atoms with Crippen molar-refractivity contribution in [1.82, 2.24) is 0 Å². The average Bonchev–Trinajstić information content (AvgIpc) is 2.97. The third-order valence-electron chi connectivity index (χ3n) is 8.22. The summed E-state index contributed by atoms with van der Waals surface area (Å²) in [7, 11) is 0. The predicted octanol–water partition coefficient (Wildman–Crippen LogP) is 9.59. The van der Waals surface area contributed by atoms with Gasteiger partial charge in [-0.25, -0.2) is 0 Å². The molecule has 0 radical (unpaired) electrons. The van der Waals surface area contributed by atoms with Gasteiger partial charge in [-0.2, -0.15) is 0 Å². The van der Waals surface area contributed by atoms with E-state index in [1.54, 1.807) is 0 Å². The van der Waals surface area contributed by atoms with Gasteiger partial charge in [0.05, 0.1) is 5.92 Å². The SMILES string of the molecule is CCCCCCCCCCCCc1ccc(-c2ccc(COc3ccc4c(c3)CCC(C(=O)O)C4)cc2)cc1. The van der Waals surface area contributed by atoms with Crippen LogP contribution < -0.4 is 4.74 Å². The normalized spacial score (nSPS) is 14.6. The number of fused-ring (bicyclic) bond motifs is 1. The van der Waals surface area contributed by atoms with Crippen LogP contribution in [0, 0.1) is 5.92 Å². The first-order chi connectivity index (χ1) is 19.1. The van der Waals surface area contributed by atoms with E-state index in [0.29, 0.717) is 19.4 Å². The molecule has 1 aliphatic rings. The molecule has 3 nitrogen and oxygen atoms in total. The number of carboxylic acids is 1. The van der Waals surface area contributed by atoms with Gasteiger partial charge in [-0.1, -0.05) is 119 Å². The zero-order valence-electron chi connectivity index (χ0n) is 23.8. The van der Waals surface area contributed by atoms with Crippen LogP contribution in [0.4, 0.5) is 0 Å². The molecule has 0 fully saturated rings. The van der Waals surface area contributed by atoms with Gasteiger partial charge in [0.1, 0.15) is 12.4 Å². The Kier molecular flexibility index (Phi) is 11.5. The van der Waals surface area contributed by atoms with Gasteiger partial charge in [-0.15, -0.1) is 0 Å². The topological polar surface area (TPSA) is 46.5 Å². The Morgan fingerprint density at radius 3 is 1.95 bits per heavy atom. The van der Waals surface area contributed by atoms with Crippen molar-refractivity contribution in [2.75, 3.05) is 0 Å². The Morgan fingerprint density at radius 1 is 0.744 bits per heavy atom. The summed E-state index contributed by atoms with van der Waals surface area (Å²) in [6, 6.07) is 23.8. The highest BCUT2D eigenvalue weighted by molar-refractivity contribution is 5.71. The minimum absolute atomic E-state index is 0.261. The van der Waals surface area contributed by atoms with Gasteiger partial charge < -0.3 is 9.84 Å². The molecule has 1 unspecified atom stereocenters. The maximum absolute atomic E-state index is 11.3. The Balaban J connectivity index is 1.16. The molecule has 1 atom stereocenters. The number of ether oxygens (including phenoxy) is 1. The van der Waals surface area contributed by atoms with Crippen LogP contribution in [-0.4, -0.2) is 11.1 Å². The average molecular weight is 527 g/mol. The summed E-state index contributed by atoms with van der Waals surface area (Å²) in [6.45, 7) is 2.80. The van der Waals surface area contributed by atoms with E-state index >= 15 is 0 Å². The Morgan fingerprint density at radius 2 is 1.33 bits per heavy atom. The highest BCUT2D eigenvalue weighted by Crippen LogP contribution is 2.29. The molecule has 0 bridgehead atoms. The standard InChI is InChI=1S/C36H46O3/c1-2-3-4-5-6-7-8-9-10-11-12-28-13-17-30(18-14-28)31-19-15-29(16-20-31)27-39-35-24-23-32-25-34(36(37)38)22-21-33(32)26-35/h13-20,23-24,26,34H,2-12,21-22,25,27H2,1H3,(H,37,38). The van der Waals surface area contributed by atoms with E-state index in [2.05, 4.69) is 61.5 Å². The van der Waals surface area contributed by atoms with Crippen LogP contribution >= 0.6 is 0 Å². The second kappa shape index (κ2) is 15.5. The number of hydrogen-bond donors (Lipinski definition) is 1. The molecule has 1 aliphatic carbocycles. The lowest BCUT2D eigenvalue weighted by molar-refractivity contribution is -0.142. The summed E-state index contributed by atoms with van der Waals surface area (Å²) in [5.74, 6) is -0.0992. The monoisotopic (exact) mass is 526 g/mol. The van der Waals surface area contributed by atoms with Gasteiger partial charge in [0, 0.05) is 0 Å². The molecule has 0 heterocycles. The lowest BCUT2D eigenvalue weighted by atomic mass is 9.84. The maximum Gasteiger partial charge on any atom is 0.306 e. The van der Waals surface area contributed by atoms with Crippen LogP contribution in [0.3, 0.4) is 0 Å². The third-order valence-corrected chi connectivity index (χ3v) is 8.22. The van der Waals surface area contributed by atoms with Crippen molar-refractivity contribution in [1.29, 1.82) is 0 Å². The van der Waals surface area contributed by atoms with Gasteiger partial charge in [-0.3, -0.25) is 4.79 Å². The summed E-state index contributed by atoms with van der Waals surface area (Å²) >= 11 is 0. The quantitative estimate of drug-likeness (QED) is 0.189. The number of rotatable bonds is 16. The van der Waals surface area contributed by atoms with E-state index in [-0.39, 0.29) is 5.92 Å². The number of carboxylic acid groups (broad SMARTS) is 1. The molecule has 0 saturated heterocycles. The molecule has 39 heavy (non-hydrogen) atoms. The van der Waals surface area contributed by atoms with E-state index < -0.39 is 5.97 Å². The van der Waals surface area contributed by atoms with Gasteiger partial charge in [-0.05, 0) is 77.6 Å². The fourth-order valence-corrected chi connectivity index (χ4v) is 5.67. The minimum Gasteiger partial charge on any atom is -0.489 e. The summed E-state index contributed by atoms with van der Waals surface area (Å²) in [5.41, 5.74) is 7.42. The molecule has 0 spiro atoms. The van der Waals surface area contributed by atoms with Crippen molar-refractivity contribution in [3.05, 3.63) is 89.0 Å². The van der Waals surface area contributed by atoms with Gasteiger partial charge >= 0.3 is 5.97 Å².